The Labute approximate surface area is 115 Å². The quantitative estimate of drug-likeness (QED) is 0.849. The normalized spacial score (nSPS) is 26.6. The van der Waals surface area contributed by atoms with Gasteiger partial charge < -0.3 is 10.2 Å². The number of nitrogens with zero attached hydrogens (tertiary/aromatic N) is 1. The van der Waals surface area contributed by atoms with Crippen molar-refractivity contribution in [1.29, 1.82) is 0 Å². The van der Waals surface area contributed by atoms with Crippen LogP contribution in [0.3, 0.4) is 0 Å². The number of hydrogen-bond acceptors (Lipinski definition) is 3. The van der Waals surface area contributed by atoms with Crippen molar-refractivity contribution in [3.8, 4) is 0 Å². The van der Waals surface area contributed by atoms with Gasteiger partial charge in [0.2, 0.25) is 0 Å². The zero-order chi connectivity index (χ0) is 13.8. The molecule has 1 N–H and O–H groups in total. The van der Waals surface area contributed by atoms with Crippen LogP contribution in [-0.2, 0) is 10.8 Å². The van der Waals surface area contributed by atoms with Gasteiger partial charge in [-0.2, -0.15) is 0 Å². The summed E-state index contributed by atoms with van der Waals surface area (Å²) < 4.78 is 11.4. The molecule has 0 aromatic rings. The highest BCUT2D eigenvalue weighted by Crippen LogP contribution is 2.21. The molecule has 1 fully saturated rings. The first kappa shape index (κ1) is 16.1. The van der Waals surface area contributed by atoms with E-state index in [2.05, 4.69) is 37.9 Å². The molecule has 1 heterocycles. The molecule has 3 unspecified atom stereocenters. The third-order valence-electron chi connectivity index (χ3n) is 3.95. The highest BCUT2D eigenvalue weighted by molar-refractivity contribution is 7.84. The highest BCUT2D eigenvalue weighted by atomic mass is 32.2. The van der Waals surface area contributed by atoms with Crippen molar-refractivity contribution >= 4 is 10.8 Å². The van der Waals surface area contributed by atoms with Crippen LogP contribution in [0.5, 0.6) is 0 Å². The van der Waals surface area contributed by atoms with Crippen LogP contribution in [0.1, 0.15) is 40.5 Å². The molecule has 1 aliphatic rings. The predicted molar refractivity (Wildman–Crippen MR) is 80.4 cm³/mol. The van der Waals surface area contributed by atoms with Gasteiger partial charge in [-0.25, -0.2) is 0 Å². The van der Waals surface area contributed by atoms with Crippen molar-refractivity contribution in [2.45, 2.75) is 51.8 Å². The van der Waals surface area contributed by atoms with Gasteiger partial charge in [0.25, 0.3) is 0 Å². The summed E-state index contributed by atoms with van der Waals surface area (Å²) in [6.07, 6.45) is 4.07. The number of hydrogen-bond donors (Lipinski definition) is 1. The van der Waals surface area contributed by atoms with Crippen molar-refractivity contribution in [1.82, 2.24) is 10.2 Å². The summed E-state index contributed by atoms with van der Waals surface area (Å²) >= 11 is 0. The second-order valence-corrected chi connectivity index (χ2v) is 8.43. The molecule has 1 aliphatic heterocycles. The van der Waals surface area contributed by atoms with Gasteiger partial charge in [0.1, 0.15) is 0 Å². The molecule has 1 rings (SSSR count). The molecule has 18 heavy (non-hydrogen) atoms. The van der Waals surface area contributed by atoms with Gasteiger partial charge in [-0.3, -0.25) is 4.21 Å². The Hall–Kier alpha value is 0.0700. The average molecular weight is 274 g/mol. The minimum Gasteiger partial charge on any atom is -0.312 e. The maximum absolute atomic E-state index is 11.4. The molecule has 0 aromatic carbocycles. The zero-order valence-corrected chi connectivity index (χ0v) is 13.5. The molecule has 108 valence electrons. The van der Waals surface area contributed by atoms with E-state index in [1.807, 2.05) is 6.26 Å². The molecular formula is C14H30N2OS. The number of nitrogens with one attached hydrogen (secondary N) is 1. The molecule has 0 spiro atoms. The van der Waals surface area contributed by atoms with Crippen LogP contribution in [0, 0.1) is 5.41 Å². The van der Waals surface area contributed by atoms with Gasteiger partial charge in [0.15, 0.2) is 0 Å². The van der Waals surface area contributed by atoms with Crippen molar-refractivity contribution in [3.05, 3.63) is 0 Å². The molecule has 0 radical (unpaired) electrons. The maximum Gasteiger partial charge on any atom is 0.0329 e. The second kappa shape index (κ2) is 7.01. The standard InChI is InChI=1S/C14H30N2OS/c1-12(18(5)17)7-10-16-9-6-8-15-13(11-16)14(2,3)4/h12-13,15H,6-11H2,1-5H3. The first-order valence-corrected chi connectivity index (χ1v) is 8.71. The van der Waals surface area contributed by atoms with E-state index in [-0.39, 0.29) is 0 Å². The van der Waals surface area contributed by atoms with Gasteiger partial charge in [0.05, 0.1) is 0 Å². The van der Waals surface area contributed by atoms with Gasteiger partial charge in [-0.05, 0) is 37.9 Å². The molecule has 0 amide bonds. The average Bonchev–Trinajstić information content (AvgIpc) is 2.50. The first-order chi connectivity index (χ1) is 8.30. The van der Waals surface area contributed by atoms with Gasteiger partial charge >= 0.3 is 0 Å². The predicted octanol–water partition coefficient (Wildman–Crippen LogP) is 1.85. The maximum atomic E-state index is 11.4. The third-order valence-corrected chi connectivity index (χ3v) is 5.32. The lowest BCUT2D eigenvalue weighted by molar-refractivity contribution is 0.196. The van der Waals surface area contributed by atoms with E-state index in [1.54, 1.807) is 0 Å². The molecule has 3 nitrogen and oxygen atoms in total. The summed E-state index contributed by atoms with van der Waals surface area (Å²) in [5.41, 5.74) is 0.307. The summed E-state index contributed by atoms with van der Waals surface area (Å²) in [4.78, 5) is 2.54. The molecule has 0 bridgehead atoms. The summed E-state index contributed by atoms with van der Waals surface area (Å²) in [6.45, 7) is 13.5. The van der Waals surface area contributed by atoms with Crippen LogP contribution in [0.15, 0.2) is 0 Å². The van der Waals surface area contributed by atoms with E-state index in [9.17, 15) is 4.21 Å². The Morgan fingerprint density at radius 1 is 1.44 bits per heavy atom. The SMILES string of the molecule is CC(CCN1CCCNC(C(C)(C)C)C1)S(C)=O. The largest absolute Gasteiger partial charge is 0.312 e. The summed E-state index contributed by atoms with van der Waals surface area (Å²) in [5.74, 6) is 0. The molecule has 0 aliphatic carbocycles. The molecule has 4 heteroatoms. The molecule has 3 atom stereocenters. The first-order valence-electron chi connectivity index (χ1n) is 7.08. The van der Waals surface area contributed by atoms with E-state index in [1.165, 1.54) is 13.0 Å². The van der Waals surface area contributed by atoms with Crippen LogP contribution in [-0.4, -0.2) is 52.8 Å². The summed E-state index contributed by atoms with van der Waals surface area (Å²) in [7, 11) is -0.687. The fraction of sp³-hybridized carbons (Fsp3) is 1.00. The Morgan fingerprint density at radius 3 is 2.67 bits per heavy atom. The topological polar surface area (TPSA) is 32.3 Å². The van der Waals surface area contributed by atoms with Gasteiger partial charge in [0, 0.05) is 34.9 Å². The van der Waals surface area contributed by atoms with Gasteiger partial charge in [-0.1, -0.05) is 27.7 Å². The van der Waals surface area contributed by atoms with Crippen molar-refractivity contribution < 1.29 is 4.21 Å². The van der Waals surface area contributed by atoms with Crippen molar-refractivity contribution in [3.63, 3.8) is 0 Å². The molecule has 0 aromatic heterocycles. The summed E-state index contributed by atoms with van der Waals surface area (Å²) in [5, 5.41) is 3.97. The molecular weight excluding hydrogens is 244 g/mol. The van der Waals surface area contributed by atoms with Crippen molar-refractivity contribution in [2.24, 2.45) is 5.41 Å². The second-order valence-electron chi connectivity index (χ2n) is 6.62. The van der Waals surface area contributed by atoms with E-state index in [4.69, 9.17) is 0 Å². The van der Waals surface area contributed by atoms with Crippen LogP contribution in [0.2, 0.25) is 0 Å². The Balaban J connectivity index is 2.47. The summed E-state index contributed by atoms with van der Waals surface area (Å²) in [6, 6.07) is 0.558. The van der Waals surface area contributed by atoms with E-state index in [0.29, 0.717) is 16.7 Å². The highest BCUT2D eigenvalue weighted by Gasteiger charge is 2.27. The van der Waals surface area contributed by atoms with Gasteiger partial charge in [-0.15, -0.1) is 0 Å². The van der Waals surface area contributed by atoms with E-state index < -0.39 is 10.8 Å². The van der Waals surface area contributed by atoms with Crippen LogP contribution >= 0.6 is 0 Å². The van der Waals surface area contributed by atoms with Crippen LogP contribution in [0.25, 0.3) is 0 Å². The minimum atomic E-state index is -0.687. The third kappa shape index (κ3) is 5.37. The zero-order valence-electron chi connectivity index (χ0n) is 12.7. The lowest BCUT2D eigenvalue weighted by atomic mass is 9.86. The minimum absolute atomic E-state index is 0.307. The Kier molecular flexibility index (Phi) is 6.28. The van der Waals surface area contributed by atoms with Crippen LogP contribution < -0.4 is 5.32 Å². The van der Waals surface area contributed by atoms with E-state index in [0.717, 1.165) is 26.1 Å². The lowest BCUT2D eigenvalue weighted by Gasteiger charge is -2.34. The fourth-order valence-corrected chi connectivity index (χ4v) is 2.74. The Bertz CT molecular complexity index is 275. The van der Waals surface area contributed by atoms with Crippen molar-refractivity contribution in [2.75, 3.05) is 32.4 Å². The lowest BCUT2D eigenvalue weighted by Crippen LogP contribution is -2.46. The molecule has 0 saturated carbocycles. The van der Waals surface area contributed by atoms with E-state index >= 15 is 0 Å². The fourth-order valence-electron chi connectivity index (χ4n) is 2.31. The number of rotatable bonds is 4. The molecule has 1 saturated heterocycles. The monoisotopic (exact) mass is 274 g/mol. The smallest absolute Gasteiger partial charge is 0.0329 e. The van der Waals surface area contributed by atoms with Crippen LogP contribution in [0.4, 0.5) is 0 Å². The Morgan fingerprint density at radius 2 is 2.11 bits per heavy atom.